The van der Waals surface area contributed by atoms with Crippen LogP contribution in [-0.2, 0) is 4.79 Å². The van der Waals surface area contributed by atoms with Gasteiger partial charge in [0.2, 0.25) is 0 Å². The van der Waals surface area contributed by atoms with Gasteiger partial charge in [-0.1, -0.05) is 30.3 Å². The van der Waals surface area contributed by atoms with Gasteiger partial charge in [-0.05, 0) is 19.9 Å². The molecule has 0 aliphatic heterocycles. The Labute approximate surface area is 167 Å². The Morgan fingerprint density at radius 2 is 2.00 bits per heavy atom. The highest BCUT2D eigenvalue weighted by Crippen LogP contribution is 2.26. The van der Waals surface area contributed by atoms with Crippen LogP contribution in [0.15, 0.2) is 42.6 Å². The number of pyridine rings is 1. The number of carboxylic acids is 1. The third-order valence-electron chi connectivity index (χ3n) is 4.13. The number of amides is 1. The number of aromatic nitrogens is 3. The van der Waals surface area contributed by atoms with E-state index in [4.69, 9.17) is 10.1 Å². The molecule has 0 saturated carbocycles. The van der Waals surface area contributed by atoms with E-state index in [2.05, 4.69) is 10.4 Å². The van der Waals surface area contributed by atoms with E-state index in [0.29, 0.717) is 34.6 Å². The van der Waals surface area contributed by atoms with Crippen LogP contribution >= 0.6 is 11.8 Å². The smallest absolute Gasteiger partial charge is 0.313 e. The number of rotatable bonds is 8. The van der Waals surface area contributed by atoms with Crippen molar-refractivity contribution < 1.29 is 14.7 Å². The zero-order valence-electron chi connectivity index (χ0n) is 15.8. The molecule has 0 radical (unpaired) electrons. The van der Waals surface area contributed by atoms with E-state index >= 15 is 0 Å². The minimum absolute atomic E-state index is 0.0225. The quantitative estimate of drug-likeness (QED) is 0.566. The fourth-order valence-corrected chi connectivity index (χ4v) is 3.40. The number of carboxylic acid groups (broad SMARTS) is 1. The first kappa shape index (κ1) is 19.9. The van der Waals surface area contributed by atoms with Gasteiger partial charge in [0.05, 0.1) is 28.6 Å². The highest BCUT2D eigenvalue weighted by molar-refractivity contribution is 7.99. The van der Waals surface area contributed by atoms with Crippen molar-refractivity contribution in [2.75, 3.05) is 18.1 Å². The molecule has 2 heterocycles. The van der Waals surface area contributed by atoms with Crippen LogP contribution in [0.4, 0.5) is 0 Å². The Morgan fingerprint density at radius 3 is 2.68 bits per heavy atom. The number of thioether (sulfide) groups is 1. The maximum atomic E-state index is 12.8. The number of benzene rings is 1. The van der Waals surface area contributed by atoms with Gasteiger partial charge >= 0.3 is 5.97 Å². The van der Waals surface area contributed by atoms with Crippen molar-refractivity contribution in [2.24, 2.45) is 0 Å². The van der Waals surface area contributed by atoms with Crippen LogP contribution in [0.3, 0.4) is 0 Å². The Bertz CT molecular complexity index is 986. The normalized spacial score (nSPS) is 11.1. The van der Waals surface area contributed by atoms with Gasteiger partial charge in [-0.15, -0.1) is 11.8 Å². The van der Waals surface area contributed by atoms with Crippen molar-refractivity contribution in [3.05, 3.63) is 48.2 Å². The van der Waals surface area contributed by atoms with E-state index in [1.165, 1.54) is 11.8 Å². The molecule has 1 amide bonds. The number of hydrogen-bond acceptors (Lipinski definition) is 5. The maximum absolute atomic E-state index is 12.8. The summed E-state index contributed by atoms with van der Waals surface area (Å²) in [5.41, 5.74) is 2.81. The second-order valence-electron chi connectivity index (χ2n) is 6.54. The summed E-state index contributed by atoms with van der Waals surface area (Å²) in [7, 11) is 0. The first-order valence-corrected chi connectivity index (χ1v) is 10.1. The van der Waals surface area contributed by atoms with Crippen molar-refractivity contribution >= 4 is 34.7 Å². The summed E-state index contributed by atoms with van der Waals surface area (Å²) >= 11 is 1.27. The van der Waals surface area contributed by atoms with Gasteiger partial charge in [-0.3, -0.25) is 9.59 Å². The predicted octanol–water partition coefficient (Wildman–Crippen LogP) is 3.23. The second kappa shape index (κ2) is 8.88. The standard InChI is InChI=1S/C20H22N4O3S/c1-13(2)24-19-16(11-22-24)15(20(27)21-8-9-28-12-18(25)26)10-17(23-19)14-6-4-3-5-7-14/h3-7,10-11,13H,8-9,12H2,1-2H3,(H,21,27)(H,25,26). The molecular formula is C20H22N4O3S. The fraction of sp³-hybridized carbons (Fsp3) is 0.300. The highest BCUT2D eigenvalue weighted by Gasteiger charge is 2.18. The molecule has 3 rings (SSSR count). The van der Waals surface area contributed by atoms with E-state index in [-0.39, 0.29) is 17.7 Å². The van der Waals surface area contributed by atoms with Gasteiger partial charge in [0.1, 0.15) is 0 Å². The molecule has 2 aromatic heterocycles. The van der Waals surface area contributed by atoms with E-state index in [9.17, 15) is 9.59 Å². The number of carbonyl (C=O) groups is 2. The molecule has 28 heavy (non-hydrogen) atoms. The molecule has 0 fully saturated rings. The van der Waals surface area contributed by atoms with Crippen LogP contribution in [0.1, 0.15) is 30.2 Å². The third kappa shape index (κ3) is 4.51. The third-order valence-corrected chi connectivity index (χ3v) is 5.07. The molecule has 7 nitrogen and oxygen atoms in total. The van der Waals surface area contributed by atoms with Crippen LogP contribution in [0.5, 0.6) is 0 Å². The van der Waals surface area contributed by atoms with E-state index < -0.39 is 5.97 Å². The largest absolute Gasteiger partial charge is 0.481 e. The first-order chi connectivity index (χ1) is 13.5. The summed E-state index contributed by atoms with van der Waals surface area (Å²) in [5, 5.41) is 16.6. The lowest BCUT2D eigenvalue weighted by molar-refractivity contribution is -0.133. The van der Waals surface area contributed by atoms with Crippen molar-refractivity contribution in [1.82, 2.24) is 20.1 Å². The molecule has 8 heteroatoms. The van der Waals surface area contributed by atoms with E-state index in [1.807, 2.05) is 44.2 Å². The number of fused-ring (bicyclic) bond motifs is 1. The second-order valence-corrected chi connectivity index (χ2v) is 7.65. The zero-order valence-corrected chi connectivity index (χ0v) is 16.6. The number of nitrogens with zero attached hydrogens (tertiary/aromatic N) is 3. The summed E-state index contributed by atoms with van der Waals surface area (Å²) < 4.78 is 1.81. The van der Waals surface area contributed by atoms with E-state index in [1.54, 1.807) is 16.9 Å². The molecule has 0 aliphatic carbocycles. The average molecular weight is 398 g/mol. The molecule has 0 atom stereocenters. The van der Waals surface area contributed by atoms with Crippen molar-refractivity contribution in [3.63, 3.8) is 0 Å². The topological polar surface area (TPSA) is 97.1 Å². The molecule has 3 aromatic rings. The van der Waals surface area contributed by atoms with Gasteiger partial charge in [0, 0.05) is 23.9 Å². The number of hydrogen-bond donors (Lipinski definition) is 2. The van der Waals surface area contributed by atoms with Gasteiger partial charge < -0.3 is 10.4 Å². The lowest BCUT2D eigenvalue weighted by Gasteiger charge is -2.11. The SMILES string of the molecule is CC(C)n1ncc2c(C(=O)NCCSCC(=O)O)cc(-c3ccccc3)nc21. The van der Waals surface area contributed by atoms with Gasteiger partial charge in [0.15, 0.2) is 5.65 Å². The molecule has 0 bridgehead atoms. The van der Waals surface area contributed by atoms with Gasteiger partial charge in [0.25, 0.3) is 5.91 Å². The van der Waals surface area contributed by atoms with Crippen LogP contribution < -0.4 is 5.32 Å². The summed E-state index contributed by atoms with van der Waals surface area (Å²) in [5.74, 6) is -0.526. The average Bonchev–Trinajstić information content (AvgIpc) is 3.11. The minimum atomic E-state index is -0.860. The molecule has 2 N–H and O–H groups in total. The van der Waals surface area contributed by atoms with Crippen LogP contribution in [0.2, 0.25) is 0 Å². The monoisotopic (exact) mass is 398 g/mol. The summed E-state index contributed by atoms with van der Waals surface area (Å²) in [6.45, 7) is 4.42. The lowest BCUT2D eigenvalue weighted by Crippen LogP contribution is -2.26. The first-order valence-electron chi connectivity index (χ1n) is 8.98. The summed E-state index contributed by atoms with van der Waals surface area (Å²) in [6, 6.07) is 11.6. The van der Waals surface area contributed by atoms with Gasteiger partial charge in [-0.2, -0.15) is 5.10 Å². The summed E-state index contributed by atoms with van der Waals surface area (Å²) in [4.78, 5) is 28.1. The number of nitrogens with one attached hydrogen (secondary N) is 1. The molecule has 0 aliphatic rings. The minimum Gasteiger partial charge on any atom is -0.481 e. The maximum Gasteiger partial charge on any atom is 0.313 e. The Hall–Kier alpha value is -2.87. The van der Waals surface area contributed by atoms with Crippen LogP contribution in [0, 0.1) is 0 Å². The molecule has 0 saturated heterocycles. The number of carbonyl (C=O) groups excluding carboxylic acids is 1. The van der Waals surface area contributed by atoms with Gasteiger partial charge in [-0.25, -0.2) is 9.67 Å². The molecular weight excluding hydrogens is 376 g/mol. The number of aliphatic carboxylic acids is 1. The predicted molar refractivity (Wildman–Crippen MR) is 111 cm³/mol. The molecule has 146 valence electrons. The van der Waals surface area contributed by atoms with Crippen LogP contribution in [-0.4, -0.2) is 49.8 Å². The molecule has 0 spiro atoms. The summed E-state index contributed by atoms with van der Waals surface area (Å²) in [6.07, 6.45) is 1.67. The van der Waals surface area contributed by atoms with Crippen LogP contribution in [0.25, 0.3) is 22.3 Å². The zero-order chi connectivity index (χ0) is 20.1. The fourth-order valence-electron chi connectivity index (χ4n) is 2.83. The van der Waals surface area contributed by atoms with Crippen molar-refractivity contribution in [2.45, 2.75) is 19.9 Å². The van der Waals surface area contributed by atoms with Crippen molar-refractivity contribution in [3.8, 4) is 11.3 Å². The lowest BCUT2D eigenvalue weighted by atomic mass is 10.1. The van der Waals surface area contributed by atoms with E-state index in [0.717, 1.165) is 5.56 Å². The molecule has 1 aromatic carbocycles. The Kier molecular flexibility index (Phi) is 6.30. The highest BCUT2D eigenvalue weighted by atomic mass is 32.2. The molecule has 0 unspecified atom stereocenters. The Morgan fingerprint density at radius 1 is 1.25 bits per heavy atom. The Balaban J connectivity index is 1.91. The van der Waals surface area contributed by atoms with Crippen molar-refractivity contribution in [1.29, 1.82) is 0 Å².